The fourth-order valence-electron chi connectivity index (χ4n) is 2.22. The molecule has 1 aromatic rings. The van der Waals surface area contributed by atoms with E-state index in [0.29, 0.717) is 0 Å². The molecule has 19 heavy (non-hydrogen) atoms. The van der Waals surface area contributed by atoms with Gasteiger partial charge >= 0.3 is 12.1 Å². The Hall–Kier alpha value is -1.17. The number of hydrogen-bond acceptors (Lipinski definition) is 1. The third kappa shape index (κ3) is 2.88. The molecule has 1 atom stereocenters. The topological polar surface area (TPSA) is 12.0 Å². The van der Waals surface area contributed by atoms with Crippen molar-refractivity contribution in [3.05, 3.63) is 35.4 Å². The van der Waals surface area contributed by atoms with Crippen LogP contribution in [0.2, 0.25) is 0 Å². The summed E-state index contributed by atoms with van der Waals surface area (Å²) in [5, 5.41) is 3.21. The van der Waals surface area contributed by atoms with Gasteiger partial charge in [-0.25, -0.2) is 0 Å². The highest BCUT2D eigenvalue weighted by atomic mass is 19.4. The highest BCUT2D eigenvalue weighted by Crippen LogP contribution is 2.44. The summed E-state index contributed by atoms with van der Waals surface area (Å²) in [4.78, 5) is 0. The van der Waals surface area contributed by atoms with E-state index in [9.17, 15) is 22.0 Å². The molecular formula is C13H14F5N. The van der Waals surface area contributed by atoms with Gasteiger partial charge in [0.05, 0.1) is 0 Å². The molecule has 1 heterocycles. The lowest BCUT2D eigenvalue weighted by Gasteiger charge is -2.25. The van der Waals surface area contributed by atoms with E-state index in [1.165, 1.54) is 12.1 Å². The fraction of sp³-hybridized carbons (Fsp3) is 0.538. The van der Waals surface area contributed by atoms with Crippen molar-refractivity contribution >= 4 is 0 Å². The number of benzene rings is 1. The summed E-state index contributed by atoms with van der Waals surface area (Å²) in [7, 11) is 0. The van der Waals surface area contributed by atoms with Crippen LogP contribution in [0, 0.1) is 0 Å². The number of piperidine rings is 1. The maximum Gasteiger partial charge on any atom is 0.458 e. The van der Waals surface area contributed by atoms with Crippen LogP contribution in [0.15, 0.2) is 24.3 Å². The Balaban J connectivity index is 2.18. The Morgan fingerprint density at radius 3 is 2.05 bits per heavy atom. The number of rotatable bonds is 2. The second-order valence-electron chi connectivity index (χ2n) is 4.70. The summed E-state index contributed by atoms with van der Waals surface area (Å²) in [6.45, 7) is 0.838. The second kappa shape index (κ2) is 5.07. The van der Waals surface area contributed by atoms with Crippen molar-refractivity contribution in [3.8, 4) is 0 Å². The zero-order valence-electron chi connectivity index (χ0n) is 10.1. The van der Waals surface area contributed by atoms with Crippen molar-refractivity contribution < 1.29 is 22.0 Å². The van der Waals surface area contributed by atoms with E-state index in [4.69, 9.17) is 0 Å². The molecule has 0 bridgehead atoms. The number of nitrogens with one attached hydrogen (secondary N) is 1. The Morgan fingerprint density at radius 2 is 1.58 bits per heavy atom. The smallest absolute Gasteiger partial charge is 0.310 e. The van der Waals surface area contributed by atoms with Gasteiger partial charge in [0, 0.05) is 11.6 Å². The van der Waals surface area contributed by atoms with E-state index >= 15 is 0 Å². The van der Waals surface area contributed by atoms with Crippen molar-refractivity contribution in [2.24, 2.45) is 0 Å². The van der Waals surface area contributed by atoms with Crippen molar-refractivity contribution in [1.29, 1.82) is 0 Å². The van der Waals surface area contributed by atoms with Gasteiger partial charge in [-0.3, -0.25) is 0 Å². The van der Waals surface area contributed by atoms with Gasteiger partial charge < -0.3 is 5.32 Å². The molecule has 0 amide bonds. The molecule has 0 aromatic heterocycles. The zero-order chi connectivity index (χ0) is 14.1. The Labute approximate surface area is 107 Å². The van der Waals surface area contributed by atoms with Gasteiger partial charge in [0.2, 0.25) is 0 Å². The molecule has 6 heteroatoms. The molecule has 1 N–H and O–H groups in total. The van der Waals surface area contributed by atoms with E-state index in [0.717, 1.165) is 43.5 Å². The van der Waals surface area contributed by atoms with Gasteiger partial charge in [-0.1, -0.05) is 30.7 Å². The number of alkyl halides is 5. The van der Waals surface area contributed by atoms with Gasteiger partial charge in [-0.15, -0.1) is 0 Å². The van der Waals surface area contributed by atoms with Gasteiger partial charge in [-0.2, -0.15) is 22.0 Å². The van der Waals surface area contributed by atoms with Crippen LogP contribution in [0.1, 0.15) is 36.4 Å². The summed E-state index contributed by atoms with van der Waals surface area (Å²) < 4.78 is 62.8. The quantitative estimate of drug-likeness (QED) is 0.802. The fourth-order valence-corrected chi connectivity index (χ4v) is 2.22. The first kappa shape index (κ1) is 14.2. The summed E-state index contributed by atoms with van der Waals surface area (Å²) in [5.74, 6) is -4.80. The molecule has 1 aliphatic rings. The highest BCUT2D eigenvalue weighted by Gasteiger charge is 2.58. The molecular weight excluding hydrogens is 265 g/mol. The van der Waals surface area contributed by atoms with Crippen LogP contribution in [-0.2, 0) is 5.92 Å². The van der Waals surface area contributed by atoms with E-state index in [-0.39, 0.29) is 6.04 Å². The third-order valence-corrected chi connectivity index (χ3v) is 3.34. The molecule has 1 unspecified atom stereocenters. The van der Waals surface area contributed by atoms with Crippen LogP contribution < -0.4 is 5.32 Å². The van der Waals surface area contributed by atoms with Crippen molar-refractivity contribution in [1.82, 2.24) is 5.32 Å². The van der Waals surface area contributed by atoms with E-state index < -0.39 is 17.7 Å². The monoisotopic (exact) mass is 279 g/mol. The molecule has 2 rings (SSSR count). The predicted molar refractivity (Wildman–Crippen MR) is 61.0 cm³/mol. The SMILES string of the molecule is FC(F)(F)C(F)(F)c1ccc(C2CCCCN2)cc1. The van der Waals surface area contributed by atoms with Gasteiger partial charge in [0.15, 0.2) is 0 Å². The van der Waals surface area contributed by atoms with Crippen LogP contribution in [0.5, 0.6) is 0 Å². The molecule has 1 saturated heterocycles. The predicted octanol–water partition coefficient (Wildman–Crippen LogP) is 4.16. The molecule has 1 fully saturated rings. The second-order valence-corrected chi connectivity index (χ2v) is 4.70. The standard InChI is InChI=1S/C13H14F5N/c14-12(15,13(16,17)18)10-6-4-9(5-7-10)11-3-1-2-8-19-11/h4-7,11,19H,1-3,8H2. The minimum Gasteiger partial charge on any atom is -0.310 e. The minimum atomic E-state index is -5.56. The normalized spacial score (nSPS) is 21.4. The summed E-state index contributed by atoms with van der Waals surface area (Å²) >= 11 is 0. The maximum atomic E-state index is 13.1. The van der Waals surface area contributed by atoms with Gasteiger partial charge in [0.25, 0.3) is 0 Å². The van der Waals surface area contributed by atoms with Crippen LogP contribution in [0.4, 0.5) is 22.0 Å². The summed E-state index contributed by atoms with van der Waals surface area (Å²) in [6.07, 6.45) is -2.61. The minimum absolute atomic E-state index is 0.0438. The van der Waals surface area contributed by atoms with Crippen molar-refractivity contribution in [2.45, 2.75) is 37.4 Å². The van der Waals surface area contributed by atoms with Crippen LogP contribution in [0.25, 0.3) is 0 Å². The molecule has 0 saturated carbocycles. The van der Waals surface area contributed by atoms with E-state index in [1.54, 1.807) is 0 Å². The molecule has 0 radical (unpaired) electrons. The van der Waals surface area contributed by atoms with E-state index in [1.807, 2.05) is 0 Å². The van der Waals surface area contributed by atoms with E-state index in [2.05, 4.69) is 5.32 Å². The Kier molecular flexibility index (Phi) is 3.80. The lowest BCUT2D eigenvalue weighted by Crippen LogP contribution is -2.33. The van der Waals surface area contributed by atoms with Crippen LogP contribution >= 0.6 is 0 Å². The summed E-state index contributed by atoms with van der Waals surface area (Å²) in [5.41, 5.74) is -0.263. The lowest BCUT2D eigenvalue weighted by atomic mass is 9.96. The average Bonchev–Trinajstić information content (AvgIpc) is 2.39. The van der Waals surface area contributed by atoms with Crippen molar-refractivity contribution in [2.75, 3.05) is 6.54 Å². The summed E-state index contributed by atoms with van der Waals surface area (Å²) in [6, 6.07) is 4.45. The Morgan fingerprint density at radius 1 is 0.947 bits per heavy atom. The van der Waals surface area contributed by atoms with Gasteiger partial charge in [0.1, 0.15) is 0 Å². The third-order valence-electron chi connectivity index (χ3n) is 3.34. The van der Waals surface area contributed by atoms with Crippen LogP contribution in [-0.4, -0.2) is 12.7 Å². The first-order valence-corrected chi connectivity index (χ1v) is 6.11. The first-order valence-electron chi connectivity index (χ1n) is 6.11. The molecule has 1 nitrogen and oxygen atoms in total. The molecule has 0 spiro atoms. The number of hydrogen-bond donors (Lipinski definition) is 1. The molecule has 106 valence electrons. The lowest BCUT2D eigenvalue weighted by molar-refractivity contribution is -0.289. The maximum absolute atomic E-state index is 13.1. The van der Waals surface area contributed by atoms with Gasteiger partial charge in [-0.05, 0) is 24.9 Å². The zero-order valence-corrected chi connectivity index (χ0v) is 10.1. The molecule has 1 aliphatic heterocycles. The molecule has 0 aliphatic carbocycles. The molecule has 1 aromatic carbocycles. The average molecular weight is 279 g/mol. The number of halogens is 5. The van der Waals surface area contributed by atoms with Crippen LogP contribution in [0.3, 0.4) is 0 Å². The highest BCUT2D eigenvalue weighted by molar-refractivity contribution is 5.29. The van der Waals surface area contributed by atoms with Crippen molar-refractivity contribution in [3.63, 3.8) is 0 Å². The Bertz CT molecular complexity index is 418. The first-order chi connectivity index (χ1) is 8.82. The largest absolute Gasteiger partial charge is 0.458 e.